The molecule has 2 aromatic carbocycles. The number of halogens is 1. The summed E-state index contributed by atoms with van der Waals surface area (Å²) in [4.78, 5) is 23.2. The van der Waals surface area contributed by atoms with Crippen molar-refractivity contribution in [2.24, 2.45) is 0 Å². The molecule has 2 aromatic rings. The van der Waals surface area contributed by atoms with Gasteiger partial charge in [-0.2, -0.15) is 0 Å². The Morgan fingerprint density at radius 3 is 2.58 bits per heavy atom. The molecule has 2 N–H and O–H groups in total. The van der Waals surface area contributed by atoms with Crippen molar-refractivity contribution in [2.75, 3.05) is 0 Å². The molecular weight excluding hydrogens is 311 g/mol. The Bertz CT molecular complexity index is 763. The molecule has 0 bridgehead atoms. The summed E-state index contributed by atoms with van der Waals surface area (Å²) in [7, 11) is 0. The smallest absolute Gasteiger partial charge is 0.242 e. The summed E-state index contributed by atoms with van der Waals surface area (Å²) in [5, 5.41) is 5.39. The lowest BCUT2D eigenvalue weighted by atomic mass is 10.1. The van der Waals surface area contributed by atoms with E-state index in [0.29, 0.717) is 18.6 Å². The van der Waals surface area contributed by atoms with E-state index < -0.39 is 11.9 Å². The first kappa shape index (κ1) is 16.0. The lowest BCUT2D eigenvalue weighted by Crippen LogP contribution is -2.41. The van der Waals surface area contributed by atoms with Crippen LogP contribution in [0.15, 0.2) is 48.5 Å². The van der Waals surface area contributed by atoms with Gasteiger partial charge in [0.2, 0.25) is 11.8 Å². The molecule has 24 heavy (non-hydrogen) atoms. The van der Waals surface area contributed by atoms with Crippen molar-refractivity contribution in [1.29, 1.82) is 0 Å². The van der Waals surface area contributed by atoms with E-state index in [4.69, 9.17) is 4.74 Å². The number of carbonyl (C=O) groups is 2. The van der Waals surface area contributed by atoms with Gasteiger partial charge in [-0.25, -0.2) is 4.39 Å². The maximum atomic E-state index is 13.7. The van der Waals surface area contributed by atoms with Gasteiger partial charge in [0.25, 0.3) is 0 Å². The largest absolute Gasteiger partial charge is 0.454 e. The molecule has 6 heteroatoms. The first-order valence-electron chi connectivity index (χ1n) is 7.71. The van der Waals surface area contributed by atoms with E-state index in [2.05, 4.69) is 10.6 Å². The van der Waals surface area contributed by atoms with E-state index in [0.717, 1.165) is 5.56 Å². The summed E-state index contributed by atoms with van der Waals surface area (Å²) in [6, 6.07) is 12.7. The molecule has 3 rings (SSSR count). The van der Waals surface area contributed by atoms with Crippen LogP contribution >= 0.6 is 0 Å². The molecule has 1 aliphatic rings. The highest BCUT2D eigenvalue weighted by atomic mass is 19.1. The second-order valence-corrected chi connectivity index (χ2v) is 5.52. The third kappa shape index (κ3) is 3.71. The average Bonchev–Trinajstić information content (AvgIpc) is 3.02. The molecule has 0 aromatic heterocycles. The first-order chi connectivity index (χ1) is 11.6. The van der Waals surface area contributed by atoms with Crippen molar-refractivity contribution < 1.29 is 18.7 Å². The SMILES string of the molecule is O=C1CC[C@H](C(=O)NCc2ccccc2Oc2ccccc2F)N1. The minimum atomic E-state index is -0.489. The van der Waals surface area contributed by atoms with Gasteiger partial charge in [0, 0.05) is 18.5 Å². The molecule has 0 saturated carbocycles. The second kappa shape index (κ2) is 7.12. The fourth-order valence-electron chi connectivity index (χ4n) is 2.51. The summed E-state index contributed by atoms with van der Waals surface area (Å²) in [5.74, 6) is -0.206. The zero-order valence-corrected chi connectivity index (χ0v) is 12.9. The van der Waals surface area contributed by atoms with E-state index in [1.165, 1.54) is 6.07 Å². The standard InChI is InChI=1S/C18H17FN2O3/c19-13-6-2-4-8-16(13)24-15-7-3-1-5-12(15)11-20-18(23)14-9-10-17(22)21-14/h1-8,14H,9-11H2,(H,20,23)(H,21,22)/t14-/m1/s1. The molecule has 0 radical (unpaired) electrons. The highest BCUT2D eigenvalue weighted by molar-refractivity contribution is 5.90. The van der Waals surface area contributed by atoms with E-state index >= 15 is 0 Å². The highest BCUT2D eigenvalue weighted by Gasteiger charge is 2.26. The number of hydrogen-bond acceptors (Lipinski definition) is 3. The first-order valence-corrected chi connectivity index (χ1v) is 7.71. The zero-order valence-electron chi connectivity index (χ0n) is 12.9. The summed E-state index contributed by atoms with van der Waals surface area (Å²) in [5.41, 5.74) is 0.721. The van der Waals surface area contributed by atoms with Crippen LogP contribution in [-0.4, -0.2) is 17.9 Å². The minimum Gasteiger partial charge on any atom is -0.454 e. The number of hydrogen-bond donors (Lipinski definition) is 2. The number of ether oxygens (including phenoxy) is 1. The normalized spacial score (nSPS) is 16.5. The van der Waals surface area contributed by atoms with E-state index in [1.54, 1.807) is 36.4 Å². The van der Waals surface area contributed by atoms with Crippen LogP contribution in [0, 0.1) is 5.82 Å². The molecular formula is C18H17FN2O3. The van der Waals surface area contributed by atoms with E-state index in [-0.39, 0.29) is 24.1 Å². The van der Waals surface area contributed by atoms with Gasteiger partial charge in [0.15, 0.2) is 11.6 Å². The van der Waals surface area contributed by atoms with Gasteiger partial charge in [-0.15, -0.1) is 0 Å². The quantitative estimate of drug-likeness (QED) is 0.886. The van der Waals surface area contributed by atoms with Gasteiger partial charge in [0.1, 0.15) is 11.8 Å². The van der Waals surface area contributed by atoms with Crippen molar-refractivity contribution >= 4 is 11.8 Å². The topological polar surface area (TPSA) is 67.4 Å². The molecule has 1 atom stereocenters. The number of benzene rings is 2. The monoisotopic (exact) mass is 328 g/mol. The van der Waals surface area contributed by atoms with Crippen LogP contribution in [-0.2, 0) is 16.1 Å². The molecule has 5 nitrogen and oxygen atoms in total. The van der Waals surface area contributed by atoms with Crippen molar-refractivity contribution in [1.82, 2.24) is 10.6 Å². The zero-order chi connectivity index (χ0) is 16.9. The molecule has 0 aliphatic carbocycles. The highest BCUT2D eigenvalue weighted by Crippen LogP contribution is 2.27. The van der Waals surface area contributed by atoms with Gasteiger partial charge >= 0.3 is 0 Å². The summed E-state index contributed by atoms with van der Waals surface area (Å²) in [6.45, 7) is 0.232. The van der Waals surface area contributed by atoms with Crippen molar-refractivity contribution in [2.45, 2.75) is 25.4 Å². The fraction of sp³-hybridized carbons (Fsp3) is 0.222. The maximum absolute atomic E-state index is 13.7. The van der Waals surface area contributed by atoms with Gasteiger partial charge in [-0.05, 0) is 24.6 Å². The third-order valence-corrected chi connectivity index (χ3v) is 3.79. The molecule has 1 fully saturated rings. The molecule has 2 amide bonds. The molecule has 0 unspecified atom stereocenters. The van der Waals surface area contributed by atoms with Gasteiger partial charge in [-0.1, -0.05) is 30.3 Å². The van der Waals surface area contributed by atoms with Crippen molar-refractivity contribution in [3.05, 3.63) is 59.9 Å². The van der Waals surface area contributed by atoms with Gasteiger partial charge in [-0.3, -0.25) is 9.59 Å². The molecule has 0 spiro atoms. The van der Waals surface area contributed by atoms with E-state index in [1.807, 2.05) is 6.07 Å². The van der Waals surface area contributed by atoms with Crippen LogP contribution in [0.3, 0.4) is 0 Å². The Balaban J connectivity index is 1.67. The summed E-state index contributed by atoms with van der Waals surface area (Å²) in [6.07, 6.45) is 0.864. The lowest BCUT2D eigenvalue weighted by molar-refractivity contribution is -0.125. The Morgan fingerprint density at radius 2 is 1.88 bits per heavy atom. The Morgan fingerprint density at radius 1 is 1.17 bits per heavy atom. The van der Waals surface area contributed by atoms with Gasteiger partial charge in [0.05, 0.1) is 0 Å². The van der Waals surface area contributed by atoms with Crippen molar-refractivity contribution in [3.8, 4) is 11.5 Å². The van der Waals surface area contributed by atoms with Gasteiger partial charge < -0.3 is 15.4 Å². The number of nitrogens with one attached hydrogen (secondary N) is 2. The number of para-hydroxylation sites is 2. The number of carbonyl (C=O) groups excluding carboxylic acids is 2. The molecule has 124 valence electrons. The minimum absolute atomic E-state index is 0.113. The predicted octanol–water partition coefficient (Wildman–Crippen LogP) is 2.51. The van der Waals surface area contributed by atoms with Crippen molar-refractivity contribution in [3.63, 3.8) is 0 Å². The average molecular weight is 328 g/mol. The van der Waals surface area contributed by atoms with Crippen LogP contribution in [0.5, 0.6) is 11.5 Å². The molecule has 1 heterocycles. The van der Waals surface area contributed by atoms with Crippen LogP contribution in [0.1, 0.15) is 18.4 Å². The molecule has 1 saturated heterocycles. The fourth-order valence-corrected chi connectivity index (χ4v) is 2.51. The van der Waals surface area contributed by atoms with Crippen LogP contribution < -0.4 is 15.4 Å². The van der Waals surface area contributed by atoms with Crippen LogP contribution in [0.4, 0.5) is 4.39 Å². The number of rotatable bonds is 5. The second-order valence-electron chi connectivity index (χ2n) is 5.52. The van der Waals surface area contributed by atoms with E-state index in [9.17, 15) is 14.0 Å². The maximum Gasteiger partial charge on any atom is 0.242 e. The third-order valence-electron chi connectivity index (χ3n) is 3.79. The predicted molar refractivity (Wildman–Crippen MR) is 85.9 cm³/mol. The summed E-state index contributed by atoms with van der Waals surface area (Å²) < 4.78 is 19.3. The Kier molecular flexibility index (Phi) is 4.74. The Labute approximate surface area is 138 Å². The summed E-state index contributed by atoms with van der Waals surface area (Å²) >= 11 is 0. The number of amides is 2. The molecule has 1 aliphatic heterocycles. The Hall–Kier alpha value is -2.89. The van der Waals surface area contributed by atoms with Crippen LogP contribution in [0.2, 0.25) is 0 Å². The van der Waals surface area contributed by atoms with Crippen LogP contribution in [0.25, 0.3) is 0 Å². The lowest BCUT2D eigenvalue weighted by Gasteiger charge is -2.14.